The Kier molecular flexibility index (Phi) is 12.8. The molecule has 6 heteroatoms. The molecule has 0 amide bonds. The van der Waals surface area contributed by atoms with Crippen LogP contribution in [-0.2, 0) is 26.2 Å². The van der Waals surface area contributed by atoms with Crippen molar-refractivity contribution in [3.63, 3.8) is 0 Å². The Balaban J connectivity index is 0.788. The third kappa shape index (κ3) is 9.68. The van der Waals surface area contributed by atoms with E-state index in [0.717, 1.165) is 35.1 Å². The lowest BCUT2D eigenvalue weighted by atomic mass is 9.98. The summed E-state index contributed by atoms with van der Waals surface area (Å²) in [7, 11) is 0. The average Bonchev–Trinajstić information content (AvgIpc) is 4.47. The van der Waals surface area contributed by atoms with Crippen LogP contribution in [0.1, 0.15) is 44.5 Å². The van der Waals surface area contributed by atoms with Crippen molar-refractivity contribution in [1.29, 1.82) is 0 Å². The van der Waals surface area contributed by atoms with Gasteiger partial charge < -0.3 is 18.3 Å². The van der Waals surface area contributed by atoms with E-state index in [1.807, 2.05) is 0 Å². The van der Waals surface area contributed by atoms with Gasteiger partial charge in [-0.2, -0.15) is 0 Å². The molecule has 21 rings (SSSR count). The van der Waals surface area contributed by atoms with Crippen molar-refractivity contribution in [2.24, 2.45) is 0 Å². The third-order valence-electron chi connectivity index (χ3n) is 16.5. The Morgan fingerprint density at radius 3 is 0.683 bits per heavy atom. The van der Waals surface area contributed by atoms with Gasteiger partial charge in [0.1, 0.15) is 0 Å². The van der Waals surface area contributed by atoms with Gasteiger partial charge in [0, 0.05) is 126 Å². The summed E-state index contributed by atoms with van der Waals surface area (Å²) in [5.74, 6) is 0. The topological polar surface area (TPSA) is 19.7 Å². The van der Waals surface area contributed by atoms with Crippen LogP contribution in [0.4, 0.5) is 0 Å². The molecule has 14 aromatic rings. The van der Waals surface area contributed by atoms with Crippen LogP contribution in [-0.4, -0.2) is 18.3 Å². The van der Waals surface area contributed by atoms with E-state index < -0.39 is 0 Å². The summed E-state index contributed by atoms with van der Waals surface area (Å²) in [4.78, 5) is 0. The van der Waals surface area contributed by atoms with Crippen molar-refractivity contribution in [3.8, 4) is 44.5 Å². The Hall–Kier alpha value is -9.20. The number of hydrogen-bond donors (Lipinski definition) is 0. The maximum absolute atomic E-state index is 3.87. The molecule has 10 aromatic carbocycles. The fraction of sp³-hybridized carbons (Fsp3) is 0.0526. The van der Waals surface area contributed by atoms with E-state index in [1.54, 1.807) is 0 Å². The van der Waals surface area contributed by atoms with Crippen molar-refractivity contribution in [3.05, 3.63) is 309 Å². The van der Waals surface area contributed by atoms with E-state index in [4.69, 9.17) is 0 Å². The Bertz CT molecular complexity index is 4190. The fourth-order valence-electron chi connectivity index (χ4n) is 12.4. The molecule has 0 aliphatic carbocycles. The maximum Gasteiger partial charge on any atom is 0.0489 e. The van der Waals surface area contributed by atoms with Gasteiger partial charge in [-0.1, -0.05) is 226 Å². The molecule has 20 bridgehead atoms. The van der Waals surface area contributed by atoms with Crippen molar-refractivity contribution in [2.45, 2.75) is 26.2 Å². The first kappa shape index (κ1) is 49.8. The van der Waals surface area contributed by atoms with Crippen molar-refractivity contribution in [2.75, 3.05) is 0 Å². The van der Waals surface area contributed by atoms with E-state index in [9.17, 15) is 0 Å². The molecule has 4 aromatic heterocycles. The first-order valence-electron chi connectivity index (χ1n) is 28.0. The summed E-state index contributed by atoms with van der Waals surface area (Å²) in [6.45, 7) is 3.06. The third-order valence-corrected chi connectivity index (χ3v) is 17.4. The SMILES string of the molecule is Brc1cc2cc(c1)-c1ccc(cc1)Cn1cc(c3ccccc31)/C=C\c1cn(c3ccccc13)Cc1ccc(cc1)-c1cc(Br)cc(c1)-c1ccc(cc1)Cn1cc(c3ccccc31)/C=C\c1cn(c3ccccc13)Cc1ccc-2cc1. The van der Waals surface area contributed by atoms with Crippen LogP contribution in [0.3, 0.4) is 0 Å². The molecule has 0 radical (unpaired) electrons. The van der Waals surface area contributed by atoms with Gasteiger partial charge in [0.05, 0.1) is 0 Å². The zero-order chi connectivity index (χ0) is 54.7. The minimum atomic E-state index is 0.766. The summed E-state index contributed by atoms with van der Waals surface area (Å²) in [6, 6.07) is 84.9. The number of rotatable bonds is 0. The number of benzene rings is 10. The molecular weight excluding hydrogens is 1130 g/mol. The first-order valence-corrected chi connectivity index (χ1v) is 29.6. The molecule has 7 aliphatic rings. The lowest BCUT2D eigenvalue weighted by molar-refractivity contribution is 0.836. The molecule has 11 heterocycles. The summed E-state index contributed by atoms with van der Waals surface area (Å²) >= 11 is 7.75. The normalized spacial score (nSPS) is 13.5. The highest BCUT2D eigenvalue weighted by Gasteiger charge is 2.15. The molecule has 82 heavy (non-hydrogen) atoms. The van der Waals surface area contributed by atoms with E-state index >= 15 is 0 Å². The van der Waals surface area contributed by atoms with Crippen LogP contribution in [0.2, 0.25) is 0 Å². The standard InChI is InChI=1S/C76H54Br2N4/c77-67-39-63-37-64(40-67)57-29-21-53(22-30-57)45-81-49-61(71-11-3-7-15-75(71)81)35-36-62-50-82(76-16-8-4-12-72(62)76)46-54-23-31-58(32-24-54)66-38-65(41-68(78)42-66)56-27-19-52(20-28-56)44-80-48-60(70-10-2-6-14-74(70)80)34-33-59-47-79(73-13-5-1-9-69(59)73)43-51-17-25-55(63)26-18-51/h1-42,47-50H,43-46H2/b34-33-,36-35-. The van der Waals surface area contributed by atoms with Gasteiger partial charge in [0.15, 0.2) is 0 Å². The van der Waals surface area contributed by atoms with Crippen molar-refractivity contribution in [1.82, 2.24) is 18.3 Å². The molecule has 0 spiro atoms. The average molecular weight is 1180 g/mol. The monoisotopic (exact) mass is 1180 g/mol. The number of para-hydroxylation sites is 4. The highest BCUT2D eigenvalue weighted by Crippen LogP contribution is 2.36. The maximum atomic E-state index is 3.87. The lowest BCUT2D eigenvalue weighted by Crippen LogP contribution is -1.98. The molecule has 0 saturated heterocycles. The second kappa shape index (κ2) is 21.0. The van der Waals surface area contributed by atoms with Crippen molar-refractivity contribution < 1.29 is 0 Å². The summed E-state index contributed by atoms with van der Waals surface area (Å²) < 4.78 is 11.7. The second-order valence-corrected chi connectivity index (χ2v) is 23.7. The van der Waals surface area contributed by atoms with Gasteiger partial charge in [-0.05, 0) is 127 Å². The number of nitrogens with zero attached hydrogens (tertiary/aromatic N) is 4. The van der Waals surface area contributed by atoms with Gasteiger partial charge in [0.2, 0.25) is 0 Å². The van der Waals surface area contributed by atoms with Crippen LogP contribution in [0.5, 0.6) is 0 Å². The van der Waals surface area contributed by atoms with Crippen LogP contribution < -0.4 is 0 Å². The number of aromatic nitrogens is 4. The smallest absolute Gasteiger partial charge is 0.0489 e. The van der Waals surface area contributed by atoms with Crippen LogP contribution in [0.15, 0.2) is 264 Å². The fourth-order valence-corrected chi connectivity index (χ4v) is 13.3. The van der Waals surface area contributed by atoms with Gasteiger partial charge in [-0.15, -0.1) is 0 Å². The highest BCUT2D eigenvalue weighted by atomic mass is 79.9. The van der Waals surface area contributed by atoms with Gasteiger partial charge in [-0.3, -0.25) is 0 Å². The molecule has 0 fully saturated rings. The zero-order valence-electron chi connectivity index (χ0n) is 44.9. The van der Waals surface area contributed by atoms with Gasteiger partial charge in [0.25, 0.3) is 0 Å². The zero-order valence-corrected chi connectivity index (χ0v) is 48.1. The highest BCUT2D eigenvalue weighted by molar-refractivity contribution is 9.10. The van der Waals surface area contributed by atoms with Gasteiger partial charge >= 0.3 is 0 Å². The molecule has 0 saturated carbocycles. The number of fused-ring (bicyclic) bond motifs is 4. The molecule has 0 N–H and O–H groups in total. The molecule has 392 valence electrons. The lowest BCUT2D eigenvalue weighted by Gasteiger charge is -2.11. The van der Waals surface area contributed by atoms with E-state index in [-0.39, 0.29) is 0 Å². The van der Waals surface area contributed by atoms with Crippen molar-refractivity contribution >= 4 is 99.8 Å². The molecule has 4 nitrogen and oxygen atoms in total. The Morgan fingerprint density at radius 2 is 0.451 bits per heavy atom. The summed E-state index contributed by atoms with van der Waals surface area (Å²) in [5, 5.41) is 4.96. The first-order chi connectivity index (χ1) is 40.3. The predicted molar refractivity (Wildman–Crippen MR) is 352 cm³/mol. The Morgan fingerprint density at radius 1 is 0.232 bits per heavy atom. The molecule has 0 atom stereocenters. The van der Waals surface area contributed by atoms with Gasteiger partial charge in [-0.25, -0.2) is 0 Å². The van der Waals surface area contributed by atoms with E-state index in [2.05, 4.69) is 330 Å². The number of halogens is 2. The largest absolute Gasteiger partial charge is 0.342 e. The molecule has 7 aliphatic heterocycles. The minimum Gasteiger partial charge on any atom is -0.342 e. The number of hydrogen-bond acceptors (Lipinski definition) is 0. The van der Waals surface area contributed by atoms with Crippen LogP contribution in [0.25, 0.3) is 112 Å². The second-order valence-electron chi connectivity index (χ2n) is 21.8. The quantitative estimate of drug-likeness (QED) is 0.144. The van der Waals surface area contributed by atoms with Crippen LogP contribution in [0, 0.1) is 0 Å². The van der Waals surface area contributed by atoms with Crippen LogP contribution >= 0.6 is 31.9 Å². The molecular formula is C76H54Br2N4. The van der Waals surface area contributed by atoms with E-state index in [1.165, 1.54) is 133 Å². The van der Waals surface area contributed by atoms with E-state index in [0.29, 0.717) is 0 Å². The Labute approximate surface area is 494 Å². The predicted octanol–water partition coefficient (Wildman–Crippen LogP) is 20.5. The summed E-state index contributed by atoms with van der Waals surface area (Å²) in [5.41, 5.74) is 24.1. The molecule has 0 unspecified atom stereocenters. The minimum absolute atomic E-state index is 0.766. The summed E-state index contributed by atoms with van der Waals surface area (Å²) in [6.07, 6.45) is 18.4.